The molecule has 0 radical (unpaired) electrons. The van der Waals surface area contributed by atoms with Crippen molar-refractivity contribution in [3.63, 3.8) is 0 Å². The molecule has 78 valence electrons. The molecule has 2 N–H and O–H groups in total. The molecule has 0 unspecified atom stereocenters. The monoisotopic (exact) mass is 218 g/mol. The van der Waals surface area contributed by atoms with E-state index in [0.29, 0.717) is 5.56 Å². The fourth-order valence-electron chi connectivity index (χ4n) is 1.14. The third-order valence-electron chi connectivity index (χ3n) is 2.16. The standard InChI is InChI=1S/C10H12ClFO2/c1-10(2,5-13)6-3-7(11)9(14)4-8(6)12/h3-4,13-14H,5H2,1-2H3. The van der Waals surface area contributed by atoms with Crippen LogP contribution in [0.1, 0.15) is 19.4 Å². The average Bonchev–Trinajstić information content (AvgIpc) is 2.11. The van der Waals surface area contributed by atoms with Crippen molar-refractivity contribution in [3.8, 4) is 5.75 Å². The van der Waals surface area contributed by atoms with Crippen molar-refractivity contribution in [1.29, 1.82) is 0 Å². The molecule has 1 aromatic rings. The molecule has 0 aliphatic rings. The molecule has 1 rings (SSSR count). The van der Waals surface area contributed by atoms with Crippen molar-refractivity contribution in [1.82, 2.24) is 0 Å². The van der Waals surface area contributed by atoms with Gasteiger partial charge in [-0.3, -0.25) is 0 Å². The molecule has 2 nitrogen and oxygen atoms in total. The first-order valence-electron chi connectivity index (χ1n) is 4.18. The van der Waals surface area contributed by atoms with Gasteiger partial charge in [0.25, 0.3) is 0 Å². The number of phenols is 1. The fraction of sp³-hybridized carbons (Fsp3) is 0.400. The summed E-state index contributed by atoms with van der Waals surface area (Å²) in [7, 11) is 0. The number of halogens is 2. The second-order valence-electron chi connectivity index (χ2n) is 3.83. The number of aliphatic hydroxyl groups is 1. The molecular weight excluding hydrogens is 207 g/mol. The number of phenolic OH excluding ortho intramolecular Hbond substituents is 1. The third kappa shape index (κ3) is 1.99. The third-order valence-corrected chi connectivity index (χ3v) is 2.46. The van der Waals surface area contributed by atoms with Crippen molar-refractivity contribution in [2.75, 3.05) is 6.61 Å². The summed E-state index contributed by atoms with van der Waals surface area (Å²) >= 11 is 5.65. The summed E-state index contributed by atoms with van der Waals surface area (Å²) in [6, 6.07) is 2.29. The molecule has 1 aromatic carbocycles. The maximum Gasteiger partial charge on any atom is 0.137 e. The van der Waals surface area contributed by atoms with Gasteiger partial charge in [-0.25, -0.2) is 4.39 Å². The van der Waals surface area contributed by atoms with Crippen LogP contribution >= 0.6 is 11.6 Å². The van der Waals surface area contributed by atoms with Gasteiger partial charge in [-0.1, -0.05) is 25.4 Å². The van der Waals surface area contributed by atoms with Gasteiger partial charge in [0.15, 0.2) is 0 Å². The lowest BCUT2D eigenvalue weighted by atomic mass is 9.85. The van der Waals surface area contributed by atoms with Gasteiger partial charge >= 0.3 is 0 Å². The Balaban J connectivity index is 3.29. The summed E-state index contributed by atoms with van der Waals surface area (Å²) in [5.74, 6) is -0.854. The Bertz CT molecular complexity index is 350. The minimum absolute atomic E-state index is 0.0860. The molecule has 0 bridgehead atoms. The lowest BCUT2D eigenvalue weighted by Gasteiger charge is -2.23. The van der Waals surface area contributed by atoms with Crippen LogP contribution in [0.2, 0.25) is 5.02 Å². The van der Waals surface area contributed by atoms with Crippen LogP contribution in [0.4, 0.5) is 4.39 Å². The van der Waals surface area contributed by atoms with Gasteiger partial charge in [-0.2, -0.15) is 0 Å². The van der Waals surface area contributed by atoms with Gasteiger partial charge < -0.3 is 10.2 Å². The van der Waals surface area contributed by atoms with Crippen molar-refractivity contribution in [2.24, 2.45) is 0 Å². The molecule has 0 fully saturated rings. The Labute approximate surface area is 86.9 Å². The summed E-state index contributed by atoms with van der Waals surface area (Å²) in [6.07, 6.45) is 0. The Morgan fingerprint density at radius 3 is 2.50 bits per heavy atom. The topological polar surface area (TPSA) is 40.5 Å². The number of hydrogen-bond donors (Lipinski definition) is 2. The van der Waals surface area contributed by atoms with Crippen LogP contribution in [0.3, 0.4) is 0 Å². The van der Waals surface area contributed by atoms with E-state index in [1.807, 2.05) is 0 Å². The highest BCUT2D eigenvalue weighted by Crippen LogP contribution is 2.32. The normalized spacial score (nSPS) is 11.8. The molecule has 0 aliphatic carbocycles. The van der Waals surface area contributed by atoms with E-state index in [1.54, 1.807) is 13.8 Å². The minimum atomic E-state index is -0.707. The van der Waals surface area contributed by atoms with Gasteiger partial charge in [0.1, 0.15) is 11.6 Å². The fourth-order valence-corrected chi connectivity index (χ4v) is 1.30. The zero-order chi connectivity index (χ0) is 10.9. The van der Waals surface area contributed by atoms with Crippen molar-refractivity contribution in [2.45, 2.75) is 19.3 Å². The molecular formula is C10H12ClFO2. The Morgan fingerprint density at radius 2 is 2.00 bits per heavy atom. The highest BCUT2D eigenvalue weighted by molar-refractivity contribution is 6.32. The lowest BCUT2D eigenvalue weighted by molar-refractivity contribution is 0.215. The van der Waals surface area contributed by atoms with E-state index in [4.69, 9.17) is 21.8 Å². The molecule has 14 heavy (non-hydrogen) atoms. The number of hydrogen-bond acceptors (Lipinski definition) is 2. The van der Waals surface area contributed by atoms with Gasteiger partial charge in [0.05, 0.1) is 11.6 Å². The SMILES string of the molecule is CC(C)(CO)c1cc(Cl)c(O)cc1F. The van der Waals surface area contributed by atoms with E-state index in [1.165, 1.54) is 6.07 Å². The van der Waals surface area contributed by atoms with Crippen LogP contribution in [0.5, 0.6) is 5.75 Å². The second kappa shape index (κ2) is 3.75. The van der Waals surface area contributed by atoms with Crippen molar-refractivity contribution >= 4 is 11.6 Å². The highest BCUT2D eigenvalue weighted by Gasteiger charge is 2.24. The molecule has 0 aliphatic heterocycles. The van der Waals surface area contributed by atoms with Crippen LogP contribution < -0.4 is 0 Å². The minimum Gasteiger partial charge on any atom is -0.506 e. The van der Waals surface area contributed by atoms with Gasteiger partial charge in [0, 0.05) is 11.5 Å². The Kier molecular flexibility index (Phi) is 3.02. The number of aliphatic hydroxyl groups excluding tert-OH is 1. The van der Waals surface area contributed by atoms with Gasteiger partial charge in [-0.15, -0.1) is 0 Å². The van der Waals surface area contributed by atoms with E-state index < -0.39 is 11.2 Å². The quantitative estimate of drug-likeness (QED) is 0.801. The average molecular weight is 219 g/mol. The molecule has 0 heterocycles. The zero-order valence-corrected chi connectivity index (χ0v) is 8.77. The number of benzene rings is 1. The first kappa shape index (κ1) is 11.3. The Morgan fingerprint density at radius 1 is 1.43 bits per heavy atom. The molecule has 0 amide bonds. The first-order valence-corrected chi connectivity index (χ1v) is 4.55. The van der Waals surface area contributed by atoms with Gasteiger partial charge in [-0.05, 0) is 11.6 Å². The zero-order valence-electron chi connectivity index (χ0n) is 8.01. The predicted octanol–water partition coefficient (Wildman–Crippen LogP) is 2.45. The van der Waals surface area contributed by atoms with Crippen LogP contribution in [0.25, 0.3) is 0 Å². The lowest BCUT2D eigenvalue weighted by Crippen LogP contribution is -2.23. The van der Waals surface area contributed by atoms with E-state index in [0.717, 1.165) is 6.07 Å². The summed E-state index contributed by atoms with van der Waals surface area (Å²) in [4.78, 5) is 0. The Hall–Kier alpha value is -0.800. The summed E-state index contributed by atoms with van der Waals surface area (Å²) in [5.41, 5.74) is -0.413. The van der Waals surface area contributed by atoms with Crippen LogP contribution in [0, 0.1) is 5.82 Å². The predicted molar refractivity (Wildman–Crippen MR) is 53.2 cm³/mol. The maximum atomic E-state index is 13.4. The van der Waals surface area contributed by atoms with Gasteiger partial charge in [0.2, 0.25) is 0 Å². The van der Waals surface area contributed by atoms with E-state index in [9.17, 15) is 4.39 Å². The highest BCUT2D eigenvalue weighted by atomic mass is 35.5. The molecule has 4 heteroatoms. The van der Waals surface area contributed by atoms with Crippen molar-refractivity contribution < 1.29 is 14.6 Å². The summed E-state index contributed by atoms with van der Waals surface area (Å²) in [5, 5.41) is 18.3. The van der Waals surface area contributed by atoms with Crippen LogP contribution in [-0.2, 0) is 5.41 Å². The van der Waals surface area contributed by atoms with E-state index in [-0.39, 0.29) is 17.4 Å². The summed E-state index contributed by atoms with van der Waals surface area (Å²) < 4.78 is 13.4. The number of aromatic hydroxyl groups is 1. The maximum absolute atomic E-state index is 13.4. The molecule has 0 spiro atoms. The van der Waals surface area contributed by atoms with E-state index in [2.05, 4.69) is 0 Å². The molecule has 0 aromatic heterocycles. The molecule has 0 saturated carbocycles. The van der Waals surface area contributed by atoms with Crippen LogP contribution in [0.15, 0.2) is 12.1 Å². The van der Waals surface area contributed by atoms with Crippen LogP contribution in [-0.4, -0.2) is 16.8 Å². The smallest absolute Gasteiger partial charge is 0.137 e. The molecule has 0 saturated heterocycles. The second-order valence-corrected chi connectivity index (χ2v) is 4.23. The molecule has 0 atom stereocenters. The largest absolute Gasteiger partial charge is 0.506 e. The first-order chi connectivity index (χ1) is 6.38. The van der Waals surface area contributed by atoms with Crippen molar-refractivity contribution in [3.05, 3.63) is 28.5 Å². The van der Waals surface area contributed by atoms with E-state index >= 15 is 0 Å². The summed E-state index contributed by atoms with van der Waals surface area (Å²) in [6.45, 7) is 3.20. The number of rotatable bonds is 2.